The van der Waals surface area contributed by atoms with E-state index in [1.54, 1.807) is 19.2 Å². The summed E-state index contributed by atoms with van der Waals surface area (Å²) < 4.78 is 16.1. The summed E-state index contributed by atoms with van der Waals surface area (Å²) in [4.78, 5) is 12.8. The van der Waals surface area contributed by atoms with Crippen LogP contribution in [0.2, 0.25) is 0 Å². The number of ether oxygens (including phenoxy) is 3. The molecule has 0 bridgehead atoms. The van der Waals surface area contributed by atoms with E-state index in [-0.39, 0.29) is 30.8 Å². The number of aromatic hydroxyl groups is 1. The average molecular weight is 449 g/mol. The lowest BCUT2D eigenvalue weighted by molar-refractivity contribution is -0.121. The van der Waals surface area contributed by atoms with Crippen molar-refractivity contribution >= 4 is 11.6 Å². The normalized spacial score (nSPS) is 12.8. The number of phenolic OH excluding ortho intramolecular Hbond substituents is 1. The van der Waals surface area contributed by atoms with Crippen molar-refractivity contribution in [2.24, 2.45) is 0 Å². The van der Waals surface area contributed by atoms with Gasteiger partial charge < -0.3 is 30.0 Å². The van der Waals surface area contributed by atoms with Crippen LogP contribution in [0.5, 0.6) is 23.0 Å². The highest BCUT2D eigenvalue weighted by Gasteiger charge is 2.25. The number of nitrogens with one attached hydrogen (secondary N) is 2. The maximum atomic E-state index is 12.8. The number of carbonyl (C=O) groups is 1. The Balaban J connectivity index is 1.42. The summed E-state index contributed by atoms with van der Waals surface area (Å²) in [6.07, 6.45) is 0.981. The zero-order valence-corrected chi connectivity index (χ0v) is 18.5. The molecular formula is C26H28N2O5. The number of rotatable bonds is 10. The lowest BCUT2D eigenvalue weighted by Gasteiger charge is -2.20. The molecule has 0 aromatic heterocycles. The van der Waals surface area contributed by atoms with E-state index in [1.165, 1.54) is 0 Å². The Morgan fingerprint density at radius 3 is 2.48 bits per heavy atom. The van der Waals surface area contributed by atoms with Crippen LogP contribution in [0.3, 0.4) is 0 Å². The molecule has 1 heterocycles. The van der Waals surface area contributed by atoms with E-state index in [1.807, 2.05) is 54.6 Å². The third-order valence-corrected chi connectivity index (χ3v) is 5.58. The van der Waals surface area contributed by atoms with Gasteiger partial charge in [0.1, 0.15) is 11.5 Å². The van der Waals surface area contributed by atoms with Crippen LogP contribution in [0.1, 0.15) is 29.9 Å². The van der Waals surface area contributed by atoms with Crippen molar-refractivity contribution in [1.29, 1.82) is 0 Å². The van der Waals surface area contributed by atoms with Gasteiger partial charge in [0.05, 0.1) is 7.11 Å². The molecule has 7 nitrogen and oxygen atoms in total. The Morgan fingerprint density at radius 1 is 1.03 bits per heavy atom. The fraction of sp³-hybridized carbons (Fsp3) is 0.269. The number of methoxy groups -OCH3 is 1. The molecule has 4 rings (SSSR count). The number of para-hydroxylation sites is 1. The molecular weight excluding hydrogens is 420 g/mol. The van der Waals surface area contributed by atoms with Crippen molar-refractivity contribution in [3.05, 3.63) is 77.9 Å². The SMILES string of the molecule is COc1ccc(C(CC(=O)NCCCNc2ccccc2)c2cc3c(cc2O)OCO3)cc1. The molecule has 1 atom stereocenters. The van der Waals surface area contributed by atoms with Gasteiger partial charge in [-0.1, -0.05) is 30.3 Å². The Bertz CT molecular complexity index is 1070. The number of hydrogen-bond acceptors (Lipinski definition) is 6. The number of anilines is 1. The monoisotopic (exact) mass is 448 g/mol. The first-order valence-corrected chi connectivity index (χ1v) is 11.0. The summed E-state index contributed by atoms with van der Waals surface area (Å²) in [5, 5.41) is 17.0. The first-order chi connectivity index (χ1) is 16.1. The van der Waals surface area contributed by atoms with Gasteiger partial charge in [0.15, 0.2) is 11.5 Å². The van der Waals surface area contributed by atoms with Crippen molar-refractivity contribution in [2.75, 3.05) is 32.3 Å². The topological polar surface area (TPSA) is 89.1 Å². The van der Waals surface area contributed by atoms with Gasteiger partial charge in [-0.05, 0) is 42.3 Å². The Hall–Kier alpha value is -3.87. The maximum absolute atomic E-state index is 12.8. The quantitative estimate of drug-likeness (QED) is 0.402. The highest BCUT2D eigenvalue weighted by molar-refractivity contribution is 5.78. The van der Waals surface area contributed by atoms with E-state index >= 15 is 0 Å². The molecule has 172 valence electrons. The van der Waals surface area contributed by atoms with E-state index in [4.69, 9.17) is 14.2 Å². The summed E-state index contributed by atoms with van der Waals surface area (Å²) in [6.45, 7) is 1.43. The van der Waals surface area contributed by atoms with E-state index in [0.717, 1.165) is 30.0 Å². The highest BCUT2D eigenvalue weighted by Crippen LogP contribution is 2.43. The molecule has 33 heavy (non-hydrogen) atoms. The molecule has 0 fully saturated rings. The van der Waals surface area contributed by atoms with Crippen LogP contribution < -0.4 is 24.8 Å². The minimum Gasteiger partial charge on any atom is -0.508 e. The summed E-state index contributed by atoms with van der Waals surface area (Å²) in [7, 11) is 1.61. The third-order valence-electron chi connectivity index (χ3n) is 5.58. The zero-order chi connectivity index (χ0) is 23.0. The van der Waals surface area contributed by atoms with Crippen LogP contribution in [0.25, 0.3) is 0 Å². The molecule has 0 saturated heterocycles. The van der Waals surface area contributed by atoms with Crippen LogP contribution in [-0.4, -0.2) is 38.0 Å². The Kier molecular flexibility index (Phi) is 7.19. The maximum Gasteiger partial charge on any atom is 0.231 e. The van der Waals surface area contributed by atoms with Gasteiger partial charge in [0.2, 0.25) is 12.7 Å². The molecule has 3 aromatic rings. The number of carbonyl (C=O) groups excluding carboxylic acids is 1. The molecule has 3 aromatic carbocycles. The lowest BCUT2D eigenvalue weighted by atomic mass is 9.87. The van der Waals surface area contributed by atoms with E-state index in [9.17, 15) is 9.90 Å². The van der Waals surface area contributed by atoms with Gasteiger partial charge in [0, 0.05) is 42.7 Å². The van der Waals surface area contributed by atoms with E-state index in [0.29, 0.717) is 23.6 Å². The van der Waals surface area contributed by atoms with Gasteiger partial charge in [-0.15, -0.1) is 0 Å². The largest absolute Gasteiger partial charge is 0.508 e. The molecule has 1 aliphatic heterocycles. The van der Waals surface area contributed by atoms with Crippen LogP contribution in [-0.2, 0) is 4.79 Å². The summed E-state index contributed by atoms with van der Waals surface area (Å²) >= 11 is 0. The van der Waals surface area contributed by atoms with E-state index in [2.05, 4.69) is 10.6 Å². The van der Waals surface area contributed by atoms with Crippen molar-refractivity contribution in [3.8, 4) is 23.0 Å². The lowest BCUT2D eigenvalue weighted by Crippen LogP contribution is -2.27. The van der Waals surface area contributed by atoms with Gasteiger partial charge in [0.25, 0.3) is 0 Å². The summed E-state index contributed by atoms with van der Waals surface area (Å²) in [5.41, 5.74) is 2.57. The number of hydrogen-bond donors (Lipinski definition) is 3. The molecule has 1 amide bonds. The van der Waals surface area contributed by atoms with Crippen LogP contribution in [0.15, 0.2) is 66.7 Å². The fourth-order valence-electron chi connectivity index (χ4n) is 3.83. The second-order valence-corrected chi connectivity index (χ2v) is 7.79. The van der Waals surface area contributed by atoms with E-state index < -0.39 is 0 Å². The van der Waals surface area contributed by atoms with Crippen molar-refractivity contribution in [2.45, 2.75) is 18.8 Å². The van der Waals surface area contributed by atoms with Crippen LogP contribution in [0, 0.1) is 0 Å². The molecule has 0 saturated carbocycles. The van der Waals surface area contributed by atoms with Gasteiger partial charge in [-0.2, -0.15) is 0 Å². The standard InChI is InChI=1S/C26H28N2O5/c1-31-20-10-8-18(9-11-20)21(22-14-24-25(16-23(22)29)33-17-32-24)15-26(30)28-13-5-12-27-19-6-3-2-4-7-19/h2-4,6-11,14,16,21,27,29H,5,12-13,15,17H2,1H3,(H,28,30). The van der Waals surface area contributed by atoms with Crippen molar-refractivity contribution in [1.82, 2.24) is 5.32 Å². The van der Waals surface area contributed by atoms with Crippen LogP contribution >= 0.6 is 0 Å². The minimum atomic E-state index is -0.354. The third kappa shape index (κ3) is 5.68. The minimum absolute atomic E-state index is 0.0694. The van der Waals surface area contributed by atoms with Crippen molar-refractivity contribution in [3.63, 3.8) is 0 Å². The van der Waals surface area contributed by atoms with Gasteiger partial charge >= 0.3 is 0 Å². The average Bonchev–Trinajstić information content (AvgIpc) is 3.30. The van der Waals surface area contributed by atoms with Crippen molar-refractivity contribution < 1.29 is 24.1 Å². The molecule has 7 heteroatoms. The summed E-state index contributed by atoms with van der Waals surface area (Å²) in [5.74, 6) is 1.41. The molecule has 0 aliphatic carbocycles. The number of fused-ring (bicyclic) bond motifs is 1. The van der Waals surface area contributed by atoms with Crippen LogP contribution in [0.4, 0.5) is 5.69 Å². The first kappa shape index (κ1) is 22.3. The second-order valence-electron chi connectivity index (χ2n) is 7.79. The summed E-state index contributed by atoms with van der Waals surface area (Å²) in [6, 6.07) is 20.8. The fourth-order valence-corrected chi connectivity index (χ4v) is 3.83. The molecule has 0 radical (unpaired) electrons. The first-order valence-electron chi connectivity index (χ1n) is 11.0. The molecule has 3 N–H and O–H groups in total. The number of amides is 1. The zero-order valence-electron chi connectivity index (χ0n) is 18.5. The predicted molar refractivity (Wildman–Crippen MR) is 126 cm³/mol. The molecule has 1 aliphatic rings. The van der Waals surface area contributed by atoms with Gasteiger partial charge in [-0.25, -0.2) is 0 Å². The Labute approximate surface area is 193 Å². The number of phenols is 1. The Morgan fingerprint density at radius 2 is 1.76 bits per heavy atom. The molecule has 0 spiro atoms. The smallest absolute Gasteiger partial charge is 0.231 e. The predicted octanol–water partition coefficient (Wildman–Crippen LogP) is 4.27. The second kappa shape index (κ2) is 10.6. The number of benzene rings is 3. The van der Waals surface area contributed by atoms with Gasteiger partial charge in [-0.3, -0.25) is 4.79 Å². The highest BCUT2D eigenvalue weighted by atomic mass is 16.7. The molecule has 1 unspecified atom stereocenters.